The van der Waals surface area contributed by atoms with E-state index in [1.165, 1.54) is 5.56 Å². The van der Waals surface area contributed by atoms with Gasteiger partial charge in [0.05, 0.1) is 12.3 Å². The van der Waals surface area contributed by atoms with Gasteiger partial charge in [-0.2, -0.15) is 5.10 Å². The molecule has 4 heteroatoms. The zero-order chi connectivity index (χ0) is 14.0. The van der Waals surface area contributed by atoms with E-state index in [9.17, 15) is 4.79 Å². The topological polar surface area (TPSA) is 39.2 Å². The van der Waals surface area contributed by atoms with Crippen molar-refractivity contribution in [3.63, 3.8) is 0 Å². The molecule has 98 valence electrons. The van der Waals surface area contributed by atoms with E-state index in [-0.39, 0.29) is 22.8 Å². The van der Waals surface area contributed by atoms with Gasteiger partial charge in [0.15, 0.2) is 5.78 Å². The summed E-state index contributed by atoms with van der Waals surface area (Å²) in [6, 6.07) is 0. The van der Waals surface area contributed by atoms with Crippen LogP contribution in [0.2, 0.25) is 0 Å². The van der Waals surface area contributed by atoms with Crippen molar-refractivity contribution in [2.75, 3.05) is 0 Å². The molecule has 19 heavy (non-hydrogen) atoms. The summed E-state index contributed by atoms with van der Waals surface area (Å²) in [5, 5.41) is 4.56. The van der Waals surface area contributed by atoms with Gasteiger partial charge in [-0.05, 0) is 17.9 Å². The Kier molecular flexibility index (Phi) is 2.15. The molecule has 0 aliphatic heterocycles. The lowest BCUT2D eigenvalue weighted by molar-refractivity contribution is -0.127. The molecule has 1 heterocycles. The minimum Gasteiger partial charge on any atom is -0.307 e. The second-order valence-corrected chi connectivity index (χ2v) is 6.41. The number of allylic oxidation sites excluding steroid dienone is 2. The summed E-state index contributed by atoms with van der Waals surface area (Å²) >= 11 is 0. The summed E-state index contributed by atoms with van der Waals surface area (Å²) in [5.41, 5.74) is 1.70. The van der Waals surface area contributed by atoms with Gasteiger partial charge in [0.2, 0.25) is 5.70 Å². The molecule has 0 spiro atoms. The molecular weight excluding hydrogens is 238 g/mol. The van der Waals surface area contributed by atoms with Crippen molar-refractivity contribution >= 4 is 5.78 Å². The number of rotatable bonds is 0. The molecule has 1 aromatic rings. The Bertz CT molecular complexity index is 659. The van der Waals surface area contributed by atoms with Crippen molar-refractivity contribution in [2.24, 2.45) is 18.4 Å². The van der Waals surface area contributed by atoms with E-state index in [0.717, 1.165) is 12.1 Å². The van der Waals surface area contributed by atoms with Crippen LogP contribution in [0.25, 0.3) is 4.85 Å². The van der Waals surface area contributed by atoms with Crippen molar-refractivity contribution in [3.05, 3.63) is 40.6 Å². The van der Waals surface area contributed by atoms with Crippen LogP contribution in [0.15, 0.2) is 18.0 Å². The number of fused-ring (bicyclic) bond motifs is 3. The van der Waals surface area contributed by atoms with E-state index >= 15 is 0 Å². The zero-order valence-electron chi connectivity index (χ0n) is 11.7. The van der Waals surface area contributed by atoms with Crippen molar-refractivity contribution in [2.45, 2.75) is 32.6 Å². The molecule has 0 saturated heterocycles. The lowest BCUT2D eigenvalue weighted by Crippen LogP contribution is -2.47. The van der Waals surface area contributed by atoms with Crippen LogP contribution in [0.4, 0.5) is 0 Å². The number of hydrogen-bond donors (Lipinski definition) is 0. The Morgan fingerprint density at radius 3 is 2.79 bits per heavy atom. The highest BCUT2D eigenvalue weighted by molar-refractivity contribution is 6.02. The highest BCUT2D eigenvalue weighted by Gasteiger charge is 2.56. The van der Waals surface area contributed by atoms with E-state index in [4.69, 9.17) is 6.57 Å². The molecule has 0 bridgehead atoms. The van der Waals surface area contributed by atoms with Crippen LogP contribution >= 0.6 is 0 Å². The molecule has 0 radical (unpaired) electrons. The summed E-state index contributed by atoms with van der Waals surface area (Å²) in [5.74, 6) is 0.163. The summed E-state index contributed by atoms with van der Waals surface area (Å²) in [6.07, 6.45) is 4.74. The standard InChI is InChI=1S/C15H17N3O/c1-14(2)11-6-9-8-18(5)17-12(9)15(11,3)7-10(16-4)13(14)19/h7-8,11H,6H2,1-3,5H3/t11-,15-/m0/s1. The molecule has 2 aliphatic carbocycles. The number of nitrogens with zero attached hydrogens (tertiary/aromatic N) is 3. The van der Waals surface area contributed by atoms with E-state index in [1.807, 2.05) is 37.8 Å². The second kappa shape index (κ2) is 3.36. The third kappa shape index (κ3) is 1.33. The van der Waals surface area contributed by atoms with Crippen LogP contribution in [0, 0.1) is 17.9 Å². The first-order valence-corrected chi connectivity index (χ1v) is 6.49. The predicted molar refractivity (Wildman–Crippen MR) is 71.2 cm³/mol. The van der Waals surface area contributed by atoms with Gasteiger partial charge in [0.25, 0.3) is 0 Å². The van der Waals surface area contributed by atoms with Crippen LogP contribution < -0.4 is 0 Å². The summed E-state index contributed by atoms with van der Waals surface area (Å²) in [6.45, 7) is 13.3. The first kappa shape index (κ1) is 12.2. The van der Waals surface area contributed by atoms with E-state index in [1.54, 1.807) is 0 Å². The molecule has 2 aliphatic rings. The minimum absolute atomic E-state index is 0.0282. The maximum absolute atomic E-state index is 12.4. The first-order chi connectivity index (χ1) is 8.80. The van der Waals surface area contributed by atoms with Gasteiger partial charge in [-0.25, -0.2) is 4.85 Å². The molecule has 1 aromatic heterocycles. The fraction of sp³-hybridized carbons (Fsp3) is 0.533. The Hall–Kier alpha value is -1.89. The van der Waals surface area contributed by atoms with Crippen molar-refractivity contribution < 1.29 is 4.79 Å². The predicted octanol–water partition coefficient (Wildman–Crippen LogP) is 2.26. The molecular formula is C15H17N3O. The van der Waals surface area contributed by atoms with E-state index < -0.39 is 5.41 Å². The monoisotopic (exact) mass is 255 g/mol. The number of hydrogen-bond acceptors (Lipinski definition) is 2. The molecule has 0 aromatic carbocycles. The van der Waals surface area contributed by atoms with Gasteiger partial charge in [-0.1, -0.05) is 26.8 Å². The highest BCUT2D eigenvalue weighted by Crippen LogP contribution is 2.55. The largest absolute Gasteiger partial charge is 0.307 e. The lowest BCUT2D eigenvalue weighted by atomic mass is 9.59. The SMILES string of the molecule is [C-]#[N+]C1=C[C@]2(C)c3nn(C)cc3C[C@H]2C(C)(C)C1=O. The molecule has 0 unspecified atom stereocenters. The first-order valence-electron chi connectivity index (χ1n) is 6.49. The fourth-order valence-corrected chi connectivity index (χ4v) is 3.83. The average Bonchev–Trinajstić information content (AvgIpc) is 2.82. The van der Waals surface area contributed by atoms with Crippen LogP contribution in [0.3, 0.4) is 0 Å². The van der Waals surface area contributed by atoms with Crippen molar-refractivity contribution in [3.8, 4) is 0 Å². The van der Waals surface area contributed by atoms with Crippen LogP contribution in [-0.4, -0.2) is 15.6 Å². The molecule has 3 rings (SSSR count). The molecule has 0 N–H and O–H groups in total. The Labute approximate surface area is 112 Å². The smallest absolute Gasteiger partial charge is 0.226 e. The van der Waals surface area contributed by atoms with Gasteiger partial charge in [-0.15, -0.1) is 0 Å². The molecule has 2 atom stereocenters. The maximum atomic E-state index is 12.4. The van der Waals surface area contributed by atoms with Crippen LogP contribution in [0.5, 0.6) is 0 Å². The van der Waals surface area contributed by atoms with Gasteiger partial charge < -0.3 is 4.79 Å². The second-order valence-electron chi connectivity index (χ2n) is 6.41. The molecule has 0 fully saturated rings. The van der Waals surface area contributed by atoms with Gasteiger partial charge in [0, 0.05) is 24.1 Å². The number of Topliss-reactive ketones (excluding diaryl/α,β-unsaturated/α-hetero) is 1. The third-order valence-electron chi connectivity index (χ3n) is 4.81. The van der Waals surface area contributed by atoms with Gasteiger partial charge >= 0.3 is 0 Å². The summed E-state index contributed by atoms with van der Waals surface area (Å²) < 4.78 is 1.82. The van der Waals surface area contributed by atoms with Gasteiger partial charge in [-0.3, -0.25) is 4.68 Å². The molecule has 4 nitrogen and oxygen atoms in total. The fourth-order valence-electron chi connectivity index (χ4n) is 3.83. The quantitative estimate of drug-likeness (QED) is 0.667. The van der Waals surface area contributed by atoms with E-state index in [2.05, 4.69) is 16.9 Å². The number of aromatic nitrogens is 2. The Morgan fingerprint density at radius 1 is 1.47 bits per heavy atom. The lowest BCUT2D eigenvalue weighted by Gasteiger charge is -2.43. The molecule has 0 saturated carbocycles. The number of carbonyl (C=O) groups is 1. The number of aryl methyl sites for hydroxylation is 1. The van der Waals surface area contributed by atoms with Crippen molar-refractivity contribution in [1.29, 1.82) is 0 Å². The maximum Gasteiger partial charge on any atom is 0.226 e. The normalized spacial score (nSPS) is 31.4. The van der Waals surface area contributed by atoms with Gasteiger partial charge in [0.1, 0.15) is 0 Å². The molecule has 0 amide bonds. The van der Waals surface area contributed by atoms with Crippen molar-refractivity contribution in [1.82, 2.24) is 9.78 Å². The Morgan fingerprint density at radius 2 is 2.16 bits per heavy atom. The third-order valence-corrected chi connectivity index (χ3v) is 4.81. The summed E-state index contributed by atoms with van der Waals surface area (Å²) in [4.78, 5) is 15.8. The van der Waals surface area contributed by atoms with Crippen LogP contribution in [0.1, 0.15) is 32.0 Å². The Balaban J connectivity index is 2.26. The zero-order valence-corrected chi connectivity index (χ0v) is 11.7. The summed E-state index contributed by atoms with van der Waals surface area (Å²) in [7, 11) is 1.91. The average molecular weight is 255 g/mol. The minimum atomic E-state index is -0.504. The number of carbonyl (C=O) groups excluding carboxylic acids is 1. The van der Waals surface area contributed by atoms with Crippen LogP contribution in [-0.2, 0) is 23.7 Å². The highest BCUT2D eigenvalue weighted by atomic mass is 16.1. The number of ketones is 1. The van der Waals surface area contributed by atoms with E-state index in [0.29, 0.717) is 0 Å².